The van der Waals surface area contributed by atoms with Crippen LogP contribution in [0.4, 0.5) is 0 Å². The SMILES string of the molecule is Cc1ccc(CCNCC#N)c(C)c1C. The molecule has 0 spiro atoms. The highest BCUT2D eigenvalue weighted by molar-refractivity contribution is 5.38. The van der Waals surface area contributed by atoms with Gasteiger partial charge in [0, 0.05) is 6.54 Å². The molecule has 0 atom stereocenters. The molecule has 0 unspecified atom stereocenters. The summed E-state index contributed by atoms with van der Waals surface area (Å²) in [6.07, 6.45) is 0.995. The molecule has 1 aromatic rings. The molecule has 15 heavy (non-hydrogen) atoms. The Bertz CT molecular complexity index is 375. The van der Waals surface area contributed by atoms with Crippen molar-refractivity contribution in [2.24, 2.45) is 0 Å². The summed E-state index contributed by atoms with van der Waals surface area (Å²) >= 11 is 0. The van der Waals surface area contributed by atoms with Crippen LogP contribution >= 0.6 is 0 Å². The number of nitrogens with one attached hydrogen (secondary N) is 1. The minimum absolute atomic E-state index is 0.434. The van der Waals surface area contributed by atoms with Crippen molar-refractivity contribution >= 4 is 0 Å². The molecule has 0 aromatic heterocycles. The van der Waals surface area contributed by atoms with Crippen LogP contribution in [-0.4, -0.2) is 13.1 Å². The molecule has 2 heteroatoms. The van der Waals surface area contributed by atoms with Gasteiger partial charge in [-0.2, -0.15) is 5.26 Å². The first-order valence-corrected chi connectivity index (χ1v) is 5.30. The third kappa shape index (κ3) is 3.07. The van der Waals surface area contributed by atoms with E-state index in [2.05, 4.69) is 44.3 Å². The molecule has 0 saturated carbocycles. The molecule has 80 valence electrons. The number of benzene rings is 1. The van der Waals surface area contributed by atoms with Gasteiger partial charge in [-0.15, -0.1) is 0 Å². The first kappa shape index (κ1) is 11.7. The van der Waals surface area contributed by atoms with Crippen LogP contribution in [-0.2, 0) is 6.42 Å². The van der Waals surface area contributed by atoms with Gasteiger partial charge < -0.3 is 5.32 Å². The summed E-state index contributed by atoms with van der Waals surface area (Å²) in [7, 11) is 0. The maximum absolute atomic E-state index is 8.39. The fourth-order valence-corrected chi connectivity index (χ4v) is 1.65. The molecule has 1 aromatic carbocycles. The van der Waals surface area contributed by atoms with E-state index in [-0.39, 0.29) is 0 Å². The molecule has 0 aliphatic rings. The minimum Gasteiger partial charge on any atom is -0.304 e. The van der Waals surface area contributed by atoms with Crippen molar-refractivity contribution < 1.29 is 0 Å². The Morgan fingerprint density at radius 2 is 1.93 bits per heavy atom. The normalized spacial score (nSPS) is 10.0. The van der Waals surface area contributed by atoms with E-state index >= 15 is 0 Å². The van der Waals surface area contributed by atoms with Crippen LogP contribution in [0, 0.1) is 32.1 Å². The quantitative estimate of drug-likeness (QED) is 0.600. The van der Waals surface area contributed by atoms with Crippen LogP contribution in [0.3, 0.4) is 0 Å². The lowest BCUT2D eigenvalue weighted by molar-refractivity contribution is 0.746. The maximum Gasteiger partial charge on any atom is 0.0841 e. The maximum atomic E-state index is 8.39. The number of hydrogen-bond acceptors (Lipinski definition) is 2. The highest BCUT2D eigenvalue weighted by Crippen LogP contribution is 2.17. The Hall–Kier alpha value is -1.33. The van der Waals surface area contributed by atoms with E-state index in [1.54, 1.807) is 0 Å². The topological polar surface area (TPSA) is 35.8 Å². The van der Waals surface area contributed by atoms with Crippen molar-refractivity contribution in [2.45, 2.75) is 27.2 Å². The van der Waals surface area contributed by atoms with Gasteiger partial charge in [-0.1, -0.05) is 12.1 Å². The summed E-state index contributed by atoms with van der Waals surface area (Å²) in [6.45, 7) is 7.78. The van der Waals surface area contributed by atoms with Crippen LogP contribution in [0.25, 0.3) is 0 Å². The summed E-state index contributed by atoms with van der Waals surface area (Å²) in [5.41, 5.74) is 5.49. The van der Waals surface area contributed by atoms with E-state index in [0.717, 1.165) is 13.0 Å². The predicted molar refractivity (Wildman–Crippen MR) is 62.8 cm³/mol. The number of nitrogens with zero attached hydrogens (tertiary/aromatic N) is 1. The summed E-state index contributed by atoms with van der Waals surface area (Å²) in [5, 5.41) is 11.5. The average Bonchev–Trinajstić information content (AvgIpc) is 2.24. The van der Waals surface area contributed by atoms with Gasteiger partial charge in [0.1, 0.15) is 0 Å². The highest BCUT2D eigenvalue weighted by atomic mass is 14.8. The van der Waals surface area contributed by atoms with Gasteiger partial charge in [0.25, 0.3) is 0 Å². The van der Waals surface area contributed by atoms with Crippen LogP contribution < -0.4 is 5.32 Å². The molecule has 1 rings (SSSR count). The van der Waals surface area contributed by atoms with E-state index in [1.807, 2.05) is 0 Å². The van der Waals surface area contributed by atoms with Gasteiger partial charge in [-0.3, -0.25) is 0 Å². The second kappa shape index (κ2) is 5.53. The van der Waals surface area contributed by atoms with Crippen molar-refractivity contribution in [1.29, 1.82) is 5.26 Å². The summed E-state index contributed by atoms with van der Waals surface area (Å²) < 4.78 is 0. The molecule has 0 saturated heterocycles. The van der Waals surface area contributed by atoms with E-state index in [4.69, 9.17) is 5.26 Å². The van der Waals surface area contributed by atoms with E-state index < -0.39 is 0 Å². The van der Waals surface area contributed by atoms with Gasteiger partial charge in [-0.25, -0.2) is 0 Å². The van der Waals surface area contributed by atoms with Crippen molar-refractivity contribution in [1.82, 2.24) is 5.32 Å². The lowest BCUT2D eigenvalue weighted by atomic mass is 9.97. The summed E-state index contributed by atoms with van der Waals surface area (Å²) in [4.78, 5) is 0. The van der Waals surface area contributed by atoms with Gasteiger partial charge in [-0.05, 0) is 49.4 Å². The Balaban J connectivity index is 2.63. The predicted octanol–water partition coefficient (Wildman–Crippen LogP) is 2.27. The monoisotopic (exact) mass is 202 g/mol. The van der Waals surface area contributed by atoms with Gasteiger partial charge in [0.2, 0.25) is 0 Å². The Labute approximate surface area is 91.9 Å². The standard InChI is InChI=1S/C13H18N2/c1-10-4-5-13(12(3)11(10)2)6-8-15-9-7-14/h4-5,15H,6,8-9H2,1-3H3. The first-order valence-electron chi connectivity index (χ1n) is 5.30. The molecule has 0 aliphatic carbocycles. The van der Waals surface area contributed by atoms with Gasteiger partial charge in [0.15, 0.2) is 0 Å². The zero-order valence-electron chi connectivity index (χ0n) is 9.72. The second-order valence-electron chi connectivity index (χ2n) is 3.88. The molecular formula is C13H18N2. The second-order valence-corrected chi connectivity index (χ2v) is 3.88. The third-order valence-electron chi connectivity index (χ3n) is 2.95. The Morgan fingerprint density at radius 3 is 2.60 bits per heavy atom. The van der Waals surface area contributed by atoms with Crippen LogP contribution in [0.1, 0.15) is 22.3 Å². The Morgan fingerprint density at radius 1 is 1.20 bits per heavy atom. The fourth-order valence-electron chi connectivity index (χ4n) is 1.65. The Kier molecular flexibility index (Phi) is 4.33. The van der Waals surface area contributed by atoms with E-state index in [1.165, 1.54) is 22.3 Å². The largest absolute Gasteiger partial charge is 0.304 e. The van der Waals surface area contributed by atoms with Crippen molar-refractivity contribution in [2.75, 3.05) is 13.1 Å². The molecule has 0 amide bonds. The molecule has 0 bridgehead atoms. The van der Waals surface area contributed by atoms with Crippen molar-refractivity contribution in [3.05, 3.63) is 34.4 Å². The number of rotatable bonds is 4. The molecule has 0 radical (unpaired) electrons. The number of hydrogen-bond donors (Lipinski definition) is 1. The molecule has 1 N–H and O–H groups in total. The molecule has 0 fully saturated rings. The molecule has 0 heterocycles. The highest BCUT2D eigenvalue weighted by Gasteiger charge is 2.02. The van der Waals surface area contributed by atoms with E-state index in [9.17, 15) is 0 Å². The zero-order chi connectivity index (χ0) is 11.3. The van der Waals surface area contributed by atoms with Crippen molar-refractivity contribution in [3.8, 4) is 6.07 Å². The van der Waals surface area contributed by atoms with E-state index in [0.29, 0.717) is 6.54 Å². The molecular weight excluding hydrogens is 184 g/mol. The first-order chi connectivity index (χ1) is 7.16. The summed E-state index contributed by atoms with van der Waals surface area (Å²) in [5.74, 6) is 0. The molecule has 2 nitrogen and oxygen atoms in total. The van der Waals surface area contributed by atoms with Gasteiger partial charge >= 0.3 is 0 Å². The van der Waals surface area contributed by atoms with Crippen molar-refractivity contribution in [3.63, 3.8) is 0 Å². The van der Waals surface area contributed by atoms with Crippen LogP contribution in [0.2, 0.25) is 0 Å². The average molecular weight is 202 g/mol. The smallest absolute Gasteiger partial charge is 0.0841 e. The lowest BCUT2D eigenvalue weighted by Crippen LogP contribution is -2.17. The van der Waals surface area contributed by atoms with Crippen LogP contribution in [0.15, 0.2) is 12.1 Å². The van der Waals surface area contributed by atoms with Gasteiger partial charge in [0.05, 0.1) is 12.6 Å². The minimum atomic E-state index is 0.434. The number of aryl methyl sites for hydroxylation is 1. The molecule has 0 aliphatic heterocycles. The third-order valence-corrected chi connectivity index (χ3v) is 2.95. The summed E-state index contributed by atoms with van der Waals surface area (Å²) in [6, 6.07) is 6.43. The fraction of sp³-hybridized carbons (Fsp3) is 0.462. The van der Waals surface area contributed by atoms with Crippen LogP contribution in [0.5, 0.6) is 0 Å². The zero-order valence-corrected chi connectivity index (χ0v) is 9.72. The lowest BCUT2D eigenvalue weighted by Gasteiger charge is -2.11. The number of nitriles is 1.